The fourth-order valence-corrected chi connectivity index (χ4v) is 5.40. The molecule has 2 saturated heterocycles. The summed E-state index contributed by atoms with van der Waals surface area (Å²) < 4.78 is 11.2. The largest absolute Gasteiger partial charge is 0.387 e. The lowest BCUT2D eigenvalue weighted by atomic mass is 9.94. The van der Waals surface area contributed by atoms with E-state index in [1.807, 2.05) is 25.1 Å². The van der Waals surface area contributed by atoms with Crippen LogP contribution in [0.4, 0.5) is 0 Å². The van der Waals surface area contributed by atoms with E-state index in [0.29, 0.717) is 44.2 Å². The third-order valence-electron chi connectivity index (χ3n) is 7.26. The Morgan fingerprint density at radius 1 is 1.12 bits per heavy atom. The van der Waals surface area contributed by atoms with Gasteiger partial charge in [0.15, 0.2) is 6.29 Å². The third-order valence-corrected chi connectivity index (χ3v) is 7.26. The first-order valence-electron chi connectivity index (χ1n) is 11.6. The van der Waals surface area contributed by atoms with E-state index < -0.39 is 18.5 Å². The number of nitriles is 1. The summed E-state index contributed by atoms with van der Waals surface area (Å²) in [5.74, 6) is 0. The number of morpholine rings is 1. The SMILES string of the molecule is Cc1c(C(O)CN2C3COCC2CN(CC(O)c2ccc(C#N)cn2)C3)ccc2c1COC2O. The summed E-state index contributed by atoms with van der Waals surface area (Å²) in [7, 11) is 0. The minimum atomic E-state index is -0.890. The van der Waals surface area contributed by atoms with E-state index >= 15 is 0 Å². The van der Waals surface area contributed by atoms with Gasteiger partial charge in [-0.1, -0.05) is 12.1 Å². The second kappa shape index (κ2) is 9.68. The number of aromatic nitrogens is 1. The van der Waals surface area contributed by atoms with Crippen LogP contribution in [0.3, 0.4) is 0 Å². The van der Waals surface area contributed by atoms with Crippen molar-refractivity contribution < 1.29 is 24.8 Å². The van der Waals surface area contributed by atoms with Crippen LogP contribution in [0.15, 0.2) is 30.5 Å². The molecule has 5 unspecified atom stereocenters. The monoisotopic (exact) mass is 466 g/mol. The predicted molar refractivity (Wildman–Crippen MR) is 121 cm³/mol. The molecule has 4 heterocycles. The summed E-state index contributed by atoms with van der Waals surface area (Å²) in [6.45, 7) is 5.88. The zero-order chi connectivity index (χ0) is 23.8. The van der Waals surface area contributed by atoms with Gasteiger partial charge < -0.3 is 24.8 Å². The van der Waals surface area contributed by atoms with E-state index in [0.717, 1.165) is 35.3 Å². The first-order chi connectivity index (χ1) is 16.4. The van der Waals surface area contributed by atoms with Gasteiger partial charge in [-0.15, -0.1) is 0 Å². The Balaban J connectivity index is 1.24. The Morgan fingerprint density at radius 2 is 1.88 bits per heavy atom. The molecule has 3 aliphatic heterocycles. The fourth-order valence-electron chi connectivity index (χ4n) is 5.40. The Kier molecular flexibility index (Phi) is 6.64. The zero-order valence-corrected chi connectivity index (χ0v) is 19.2. The van der Waals surface area contributed by atoms with Crippen LogP contribution in [-0.4, -0.2) is 81.6 Å². The molecule has 0 radical (unpaired) electrons. The summed E-state index contributed by atoms with van der Waals surface area (Å²) in [4.78, 5) is 8.78. The molecule has 5 atom stereocenters. The van der Waals surface area contributed by atoms with Gasteiger partial charge in [-0.05, 0) is 35.7 Å². The van der Waals surface area contributed by atoms with Gasteiger partial charge in [0, 0.05) is 50.0 Å². The van der Waals surface area contributed by atoms with Crippen LogP contribution < -0.4 is 0 Å². The van der Waals surface area contributed by atoms with Gasteiger partial charge >= 0.3 is 0 Å². The summed E-state index contributed by atoms with van der Waals surface area (Å²) >= 11 is 0. The van der Waals surface area contributed by atoms with Crippen LogP contribution in [-0.2, 0) is 16.1 Å². The maximum atomic E-state index is 11.1. The van der Waals surface area contributed by atoms with Gasteiger partial charge in [-0.25, -0.2) is 0 Å². The minimum absolute atomic E-state index is 0.114. The van der Waals surface area contributed by atoms with Crippen LogP contribution in [0, 0.1) is 18.3 Å². The molecule has 5 rings (SSSR count). The molecule has 180 valence electrons. The normalized spacial score (nSPS) is 26.6. The first kappa shape index (κ1) is 23.3. The Hall–Kier alpha value is -2.42. The highest BCUT2D eigenvalue weighted by atomic mass is 16.6. The summed E-state index contributed by atoms with van der Waals surface area (Å²) in [5.41, 5.74) is 4.60. The van der Waals surface area contributed by atoms with Gasteiger partial charge in [-0.2, -0.15) is 5.26 Å². The molecule has 0 amide bonds. The van der Waals surface area contributed by atoms with Crippen LogP contribution in [0.2, 0.25) is 0 Å². The van der Waals surface area contributed by atoms with Gasteiger partial charge in [0.25, 0.3) is 0 Å². The zero-order valence-electron chi connectivity index (χ0n) is 19.2. The summed E-state index contributed by atoms with van der Waals surface area (Å²) in [6.07, 6.45) is -0.808. The number of piperazine rings is 1. The molecule has 0 spiro atoms. The number of hydrogen-bond donors (Lipinski definition) is 3. The average Bonchev–Trinajstić information content (AvgIpc) is 3.21. The molecule has 0 saturated carbocycles. The van der Waals surface area contributed by atoms with E-state index in [9.17, 15) is 15.3 Å². The van der Waals surface area contributed by atoms with Crippen molar-refractivity contribution in [3.63, 3.8) is 0 Å². The molecule has 9 heteroatoms. The Morgan fingerprint density at radius 3 is 2.56 bits per heavy atom. The van der Waals surface area contributed by atoms with Gasteiger partial charge in [0.1, 0.15) is 12.2 Å². The second-order valence-electron chi connectivity index (χ2n) is 9.39. The molecule has 2 fully saturated rings. The van der Waals surface area contributed by atoms with E-state index in [2.05, 4.69) is 14.8 Å². The number of ether oxygens (including phenoxy) is 2. The van der Waals surface area contributed by atoms with Crippen LogP contribution in [0.1, 0.15) is 52.0 Å². The average molecular weight is 467 g/mol. The van der Waals surface area contributed by atoms with Crippen molar-refractivity contribution in [3.05, 3.63) is 64.0 Å². The highest BCUT2D eigenvalue weighted by molar-refractivity contribution is 5.43. The van der Waals surface area contributed by atoms with Crippen molar-refractivity contribution in [1.29, 1.82) is 5.26 Å². The molecule has 1 aromatic heterocycles. The quantitative estimate of drug-likeness (QED) is 0.571. The molecule has 1 aromatic carbocycles. The van der Waals surface area contributed by atoms with Crippen molar-refractivity contribution in [2.24, 2.45) is 0 Å². The number of nitrogens with zero attached hydrogens (tertiary/aromatic N) is 4. The number of fused-ring (bicyclic) bond motifs is 3. The van der Waals surface area contributed by atoms with Crippen molar-refractivity contribution >= 4 is 0 Å². The van der Waals surface area contributed by atoms with E-state index in [1.165, 1.54) is 6.20 Å². The molecule has 34 heavy (non-hydrogen) atoms. The Labute approximate surface area is 198 Å². The summed E-state index contributed by atoms with van der Waals surface area (Å²) in [6, 6.07) is 9.37. The van der Waals surface area contributed by atoms with E-state index in [1.54, 1.807) is 12.1 Å². The lowest BCUT2D eigenvalue weighted by molar-refractivity contribution is -0.113. The number of hydrogen-bond acceptors (Lipinski definition) is 9. The van der Waals surface area contributed by atoms with Crippen LogP contribution >= 0.6 is 0 Å². The lowest BCUT2D eigenvalue weighted by Crippen LogP contribution is -2.65. The van der Waals surface area contributed by atoms with Crippen molar-refractivity contribution in [3.8, 4) is 6.07 Å². The Bertz CT molecular complexity index is 1060. The van der Waals surface area contributed by atoms with Crippen molar-refractivity contribution in [2.45, 2.75) is 44.1 Å². The van der Waals surface area contributed by atoms with Crippen LogP contribution in [0.25, 0.3) is 0 Å². The number of β-amino-alcohol motifs (C(OH)–C–C–N with tert-alkyl or cyclic N) is 1. The molecule has 2 aromatic rings. The van der Waals surface area contributed by atoms with Gasteiger partial charge in [0.05, 0.1) is 37.2 Å². The number of aliphatic hydroxyl groups excluding tert-OH is 3. The van der Waals surface area contributed by atoms with Crippen molar-refractivity contribution in [1.82, 2.24) is 14.8 Å². The van der Waals surface area contributed by atoms with Crippen molar-refractivity contribution in [2.75, 3.05) is 39.4 Å². The van der Waals surface area contributed by atoms with E-state index in [4.69, 9.17) is 14.7 Å². The smallest absolute Gasteiger partial charge is 0.181 e. The number of pyridine rings is 1. The molecular weight excluding hydrogens is 436 g/mol. The standard InChI is InChI=1S/C25H30N4O5/c1-15-19(3-4-20-21(15)14-34-25(20)32)23(30)11-29-17-8-28(9-18(29)13-33-12-17)10-24(31)22-5-2-16(6-26)7-27-22/h2-5,7,17-18,23-25,30-32H,8-14H2,1H3. The minimum Gasteiger partial charge on any atom is -0.387 e. The molecule has 2 bridgehead atoms. The third kappa shape index (κ3) is 4.46. The molecular formula is C25H30N4O5. The molecule has 3 aliphatic rings. The van der Waals surface area contributed by atoms with Gasteiger partial charge in [0.2, 0.25) is 0 Å². The number of rotatable bonds is 6. The maximum Gasteiger partial charge on any atom is 0.181 e. The second-order valence-corrected chi connectivity index (χ2v) is 9.39. The number of aliphatic hydroxyl groups is 3. The highest BCUT2D eigenvalue weighted by Crippen LogP contribution is 2.35. The molecule has 3 N–H and O–H groups in total. The first-order valence-corrected chi connectivity index (χ1v) is 11.6. The molecule has 9 nitrogen and oxygen atoms in total. The maximum absolute atomic E-state index is 11.1. The highest BCUT2D eigenvalue weighted by Gasteiger charge is 2.40. The van der Waals surface area contributed by atoms with E-state index in [-0.39, 0.29) is 12.1 Å². The summed E-state index contributed by atoms with van der Waals surface area (Å²) in [5, 5.41) is 40.7. The molecule has 0 aliphatic carbocycles. The topological polar surface area (TPSA) is 122 Å². The predicted octanol–water partition coefficient (Wildman–Crippen LogP) is 0.935. The fraction of sp³-hybridized carbons (Fsp3) is 0.520. The number of benzene rings is 1. The van der Waals surface area contributed by atoms with Crippen LogP contribution in [0.5, 0.6) is 0 Å². The van der Waals surface area contributed by atoms with Gasteiger partial charge in [-0.3, -0.25) is 14.8 Å². The lowest BCUT2D eigenvalue weighted by Gasteiger charge is -2.50.